The van der Waals surface area contributed by atoms with E-state index >= 15 is 0 Å². The summed E-state index contributed by atoms with van der Waals surface area (Å²) in [5.41, 5.74) is 0.666. The summed E-state index contributed by atoms with van der Waals surface area (Å²) in [5.74, 6) is -0.198. The van der Waals surface area contributed by atoms with Gasteiger partial charge in [-0.1, -0.05) is 28.1 Å². The van der Waals surface area contributed by atoms with Crippen LogP contribution in [-0.2, 0) is 9.53 Å². The van der Waals surface area contributed by atoms with Gasteiger partial charge in [0.25, 0.3) is 0 Å². The van der Waals surface area contributed by atoms with Crippen LogP contribution in [0.25, 0.3) is 0 Å². The Bertz CT molecular complexity index is 418. The van der Waals surface area contributed by atoms with Crippen molar-refractivity contribution in [1.82, 2.24) is 5.32 Å². The number of carbonyl (C=O) groups is 1. The standard InChI is InChI=1S/C14H20BrNO2/c1-10(11-6-5-7-12(15)8-11)16-9-14(2,3)13(17)18-4/h5-8,10,16H,9H2,1-4H3. The minimum Gasteiger partial charge on any atom is -0.469 e. The highest BCUT2D eigenvalue weighted by molar-refractivity contribution is 9.10. The van der Waals surface area contributed by atoms with Gasteiger partial charge in [-0.2, -0.15) is 0 Å². The fourth-order valence-corrected chi connectivity index (χ4v) is 2.07. The number of methoxy groups -OCH3 is 1. The van der Waals surface area contributed by atoms with Crippen molar-refractivity contribution < 1.29 is 9.53 Å². The first kappa shape index (κ1) is 15.2. The lowest BCUT2D eigenvalue weighted by molar-refractivity contribution is -0.150. The van der Waals surface area contributed by atoms with Gasteiger partial charge in [-0.3, -0.25) is 4.79 Å². The van der Waals surface area contributed by atoms with Gasteiger partial charge in [-0.25, -0.2) is 0 Å². The first-order chi connectivity index (χ1) is 8.36. The highest BCUT2D eigenvalue weighted by atomic mass is 79.9. The van der Waals surface area contributed by atoms with Crippen LogP contribution in [0.15, 0.2) is 28.7 Å². The third-order valence-corrected chi connectivity index (χ3v) is 3.43. The summed E-state index contributed by atoms with van der Waals surface area (Å²) in [6, 6.07) is 8.32. The van der Waals surface area contributed by atoms with E-state index in [-0.39, 0.29) is 12.0 Å². The molecule has 0 fully saturated rings. The summed E-state index contributed by atoms with van der Waals surface area (Å²) in [6.07, 6.45) is 0. The molecule has 0 saturated carbocycles. The number of esters is 1. The van der Waals surface area contributed by atoms with Crippen molar-refractivity contribution in [3.8, 4) is 0 Å². The average Bonchev–Trinajstić information content (AvgIpc) is 2.35. The summed E-state index contributed by atoms with van der Waals surface area (Å²) in [6.45, 7) is 6.40. The number of hydrogen-bond acceptors (Lipinski definition) is 3. The summed E-state index contributed by atoms with van der Waals surface area (Å²) >= 11 is 3.45. The van der Waals surface area contributed by atoms with Crippen LogP contribution in [0.3, 0.4) is 0 Å². The van der Waals surface area contributed by atoms with Crippen LogP contribution in [0.5, 0.6) is 0 Å². The van der Waals surface area contributed by atoms with Crippen LogP contribution in [-0.4, -0.2) is 19.6 Å². The molecule has 1 rings (SSSR count). The van der Waals surface area contributed by atoms with Crippen molar-refractivity contribution in [1.29, 1.82) is 0 Å². The number of nitrogens with one attached hydrogen (secondary N) is 1. The van der Waals surface area contributed by atoms with Gasteiger partial charge >= 0.3 is 5.97 Å². The molecule has 1 unspecified atom stereocenters. The number of benzene rings is 1. The van der Waals surface area contributed by atoms with E-state index < -0.39 is 5.41 Å². The largest absolute Gasteiger partial charge is 0.469 e. The molecule has 3 nitrogen and oxygen atoms in total. The average molecular weight is 314 g/mol. The fraction of sp³-hybridized carbons (Fsp3) is 0.500. The van der Waals surface area contributed by atoms with E-state index in [1.165, 1.54) is 12.7 Å². The second-order valence-electron chi connectivity index (χ2n) is 5.03. The maximum absolute atomic E-state index is 11.6. The molecule has 0 aliphatic heterocycles. The van der Waals surface area contributed by atoms with Crippen LogP contribution >= 0.6 is 15.9 Å². The zero-order chi connectivity index (χ0) is 13.8. The van der Waals surface area contributed by atoms with Gasteiger partial charge in [0, 0.05) is 17.1 Å². The molecule has 1 N–H and O–H groups in total. The van der Waals surface area contributed by atoms with E-state index in [1.807, 2.05) is 26.0 Å². The molecule has 18 heavy (non-hydrogen) atoms. The van der Waals surface area contributed by atoms with Crippen molar-refractivity contribution in [3.63, 3.8) is 0 Å². The second kappa shape index (κ2) is 6.34. The Hall–Kier alpha value is -0.870. The molecule has 0 bridgehead atoms. The molecule has 1 aromatic carbocycles. The van der Waals surface area contributed by atoms with E-state index in [1.54, 1.807) is 0 Å². The maximum Gasteiger partial charge on any atom is 0.312 e. The van der Waals surface area contributed by atoms with Gasteiger partial charge in [0.2, 0.25) is 0 Å². The van der Waals surface area contributed by atoms with Crippen molar-refractivity contribution in [2.75, 3.05) is 13.7 Å². The molecule has 0 amide bonds. The maximum atomic E-state index is 11.6. The Balaban J connectivity index is 2.61. The highest BCUT2D eigenvalue weighted by Gasteiger charge is 2.28. The minimum atomic E-state index is -0.519. The Kier molecular flexibility index (Phi) is 5.35. The van der Waals surface area contributed by atoms with Crippen molar-refractivity contribution in [3.05, 3.63) is 34.3 Å². The number of hydrogen-bond donors (Lipinski definition) is 1. The topological polar surface area (TPSA) is 38.3 Å². The monoisotopic (exact) mass is 313 g/mol. The third-order valence-electron chi connectivity index (χ3n) is 2.94. The number of rotatable bonds is 5. The molecule has 0 radical (unpaired) electrons. The van der Waals surface area contributed by atoms with Gasteiger partial charge in [-0.15, -0.1) is 0 Å². The predicted octanol–water partition coefficient (Wildman–Crippen LogP) is 3.30. The molecule has 0 aliphatic carbocycles. The first-order valence-electron chi connectivity index (χ1n) is 5.94. The van der Waals surface area contributed by atoms with Gasteiger partial charge < -0.3 is 10.1 Å². The molecule has 100 valence electrons. The molecule has 0 saturated heterocycles. The SMILES string of the molecule is COC(=O)C(C)(C)CNC(C)c1cccc(Br)c1. The van der Waals surface area contributed by atoms with Crippen LogP contribution in [0.2, 0.25) is 0 Å². The Morgan fingerprint density at radius 3 is 2.72 bits per heavy atom. The van der Waals surface area contributed by atoms with Crippen molar-refractivity contribution in [2.45, 2.75) is 26.8 Å². The molecule has 1 aromatic rings. The van der Waals surface area contributed by atoms with Gasteiger partial charge in [0.1, 0.15) is 0 Å². The third kappa shape index (κ3) is 4.10. The number of ether oxygens (including phenoxy) is 1. The van der Waals surface area contributed by atoms with E-state index in [2.05, 4.69) is 40.3 Å². The summed E-state index contributed by atoms with van der Waals surface area (Å²) in [4.78, 5) is 11.6. The fourth-order valence-electron chi connectivity index (χ4n) is 1.65. The molecule has 0 aliphatic rings. The molecular formula is C14H20BrNO2. The van der Waals surface area contributed by atoms with Crippen molar-refractivity contribution >= 4 is 21.9 Å². The van der Waals surface area contributed by atoms with Crippen LogP contribution in [0.1, 0.15) is 32.4 Å². The summed E-state index contributed by atoms with van der Waals surface area (Å²) < 4.78 is 5.84. The Labute approximate surface area is 117 Å². The van der Waals surface area contributed by atoms with Gasteiger partial charge in [0.15, 0.2) is 0 Å². The van der Waals surface area contributed by atoms with Gasteiger partial charge in [0.05, 0.1) is 12.5 Å². The van der Waals surface area contributed by atoms with Gasteiger partial charge in [-0.05, 0) is 38.5 Å². The zero-order valence-electron chi connectivity index (χ0n) is 11.3. The van der Waals surface area contributed by atoms with Crippen LogP contribution < -0.4 is 5.32 Å². The first-order valence-corrected chi connectivity index (χ1v) is 6.73. The Morgan fingerprint density at radius 2 is 2.17 bits per heavy atom. The minimum absolute atomic E-state index is 0.187. The lowest BCUT2D eigenvalue weighted by atomic mass is 9.93. The molecule has 1 atom stereocenters. The zero-order valence-corrected chi connectivity index (χ0v) is 12.9. The van der Waals surface area contributed by atoms with E-state index in [9.17, 15) is 4.79 Å². The smallest absolute Gasteiger partial charge is 0.312 e. The second-order valence-corrected chi connectivity index (χ2v) is 5.95. The molecule has 0 heterocycles. The Morgan fingerprint density at radius 1 is 1.50 bits per heavy atom. The summed E-state index contributed by atoms with van der Waals surface area (Å²) in [5, 5.41) is 3.36. The molecule has 0 aromatic heterocycles. The number of halogens is 1. The normalized spacial score (nSPS) is 13.2. The lowest BCUT2D eigenvalue weighted by Gasteiger charge is -2.24. The molecule has 0 spiro atoms. The van der Waals surface area contributed by atoms with Crippen molar-refractivity contribution in [2.24, 2.45) is 5.41 Å². The number of carbonyl (C=O) groups excluding carboxylic acids is 1. The predicted molar refractivity (Wildman–Crippen MR) is 76.4 cm³/mol. The molecule has 4 heteroatoms. The lowest BCUT2D eigenvalue weighted by Crippen LogP contribution is -2.37. The van der Waals surface area contributed by atoms with Crippen LogP contribution in [0, 0.1) is 5.41 Å². The van der Waals surface area contributed by atoms with Crippen LogP contribution in [0.4, 0.5) is 0 Å². The molecular weight excluding hydrogens is 294 g/mol. The highest BCUT2D eigenvalue weighted by Crippen LogP contribution is 2.21. The quantitative estimate of drug-likeness (QED) is 0.848. The van der Waals surface area contributed by atoms with E-state index in [0.717, 1.165) is 4.47 Å². The van der Waals surface area contributed by atoms with E-state index in [4.69, 9.17) is 4.74 Å². The van der Waals surface area contributed by atoms with E-state index in [0.29, 0.717) is 6.54 Å². The summed E-state index contributed by atoms with van der Waals surface area (Å²) in [7, 11) is 1.42.